The third-order valence-electron chi connectivity index (χ3n) is 9.95. The lowest BCUT2D eigenvalue weighted by Crippen LogP contribution is -2.46. The van der Waals surface area contributed by atoms with Crippen molar-refractivity contribution in [2.24, 2.45) is 11.3 Å². The molecule has 4 aliphatic rings. The molecule has 0 radical (unpaired) electrons. The van der Waals surface area contributed by atoms with E-state index in [0.29, 0.717) is 23.3 Å². The van der Waals surface area contributed by atoms with E-state index in [1.807, 2.05) is 21.9 Å². The summed E-state index contributed by atoms with van der Waals surface area (Å²) in [5.41, 5.74) is 1.99. The Hall–Kier alpha value is -2.91. The molecule has 2 atom stereocenters. The third-order valence-corrected chi connectivity index (χ3v) is 11.1. The SMILES string of the molecule is CS(=O)(=O)c1ccc(CN2CCC3(CCN(C[C@H]4CN(C(=O)N5CCCC5)C[C@@H]4c4ccccc4)CC3)C2=O)cc1. The number of likely N-dealkylation sites (tertiary alicyclic amines) is 4. The highest BCUT2D eigenvalue weighted by Gasteiger charge is 2.48. The number of benzene rings is 2. The minimum Gasteiger partial charge on any atom is -0.338 e. The van der Waals surface area contributed by atoms with Gasteiger partial charge in [0, 0.05) is 58.0 Å². The number of urea groups is 1. The Morgan fingerprint density at radius 2 is 1.51 bits per heavy atom. The molecule has 4 fully saturated rings. The van der Waals surface area contributed by atoms with Crippen LogP contribution in [-0.4, -0.2) is 98.6 Å². The molecule has 0 saturated carbocycles. The van der Waals surface area contributed by atoms with Crippen LogP contribution in [0.1, 0.15) is 49.1 Å². The van der Waals surface area contributed by atoms with Crippen molar-refractivity contribution in [1.82, 2.24) is 19.6 Å². The summed E-state index contributed by atoms with van der Waals surface area (Å²) in [6.45, 7) is 7.35. The van der Waals surface area contributed by atoms with E-state index in [1.54, 1.807) is 12.1 Å². The summed E-state index contributed by atoms with van der Waals surface area (Å²) < 4.78 is 23.6. The summed E-state index contributed by atoms with van der Waals surface area (Å²) in [5, 5.41) is 0. The topological polar surface area (TPSA) is 81.2 Å². The first-order valence-corrected chi connectivity index (χ1v) is 17.0. The molecule has 2 aromatic carbocycles. The molecule has 4 saturated heterocycles. The smallest absolute Gasteiger partial charge is 0.320 e. The van der Waals surface area contributed by atoms with Gasteiger partial charge in [0.1, 0.15) is 0 Å². The van der Waals surface area contributed by atoms with E-state index in [4.69, 9.17) is 0 Å². The van der Waals surface area contributed by atoms with Gasteiger partial charge in [0.2, 0.25) is 5.91 Å². The highest BCUT2D eigenvalue weighted by molar-refractivity contribution is 7.90. The summed E-state index contributed by atoms with van der Waals surface area (Å²) in [6, 6.07) is 17.7. The molecule has 6 rings (SSSR count). The number of hydrogen-bond donors (Lipinski definition) is 0. The van der Waals surface area contributed by atoms with Crippen LogP contribution in [0.4, 0.5) is 4.79 Å². The Balaban J connectivity index is 1.07. The number of carbonyl (C=O) groups excluding carboxylic acids is 2. The van der Waals surface area contributed by atoms with Crippen molar-refractivity contribution < 1.29 is 18.0 Å². The largest absolute Gasteiger partial charge is 0.338 e. The van der Waals surface area contributed by atoms with Gasteiger partial charge in [-0.2, -0.15) is 0 Å². The summed E-state index contributed by atoms with van der Waals surface area (Å²) in [4.78, 5) is 35.8. The van der Waals surface area contributed by atoms with Gasteiger partial charge in [0.15, 0.2) is 9.84 Å². The average molecular weight is 579 g/mol. The van der Waals surface area contributed by atoms with E-state index in [-0.39, 0.29) is 17.4 Å². The predicted octanol–water partition coefficient (Wildman–Crippen LogP) is 3.84. The molecule has 0 unspecified atom stereocenters. The fourth-order valence-electron chi connectivity index (χ4n) is 7.46. The number of rotatable bonds is 6. The van der Waals surface area contributed by atoms with Gasteiger partial charge in [-0.15, -0.1) is 0 Å². The van der Waals surface area contributed by atoms with Crippen LogP contribution in [0.25, 0.3) is 0 Å². The molecule has 0 N–H and O–H groups in total. The lowest BCUT2D eigenvalue weighted by Gasteiger charge is -2.39. The Morgan fingerprint density at radius 3 is 2.17 bits per heavy atom. The van der Waals surface area contributed by atoms with Gasteiger partial charge in [0.05, 0.1) is 10.3 Å². The number of hydrogen-bond acceptors (Lipinski definition) is 5. The highest BCUT2D eigenvalue weighted by atomic mass is 32.2. The van der Waals surface area contributed by atoms with Crippen molar-refractivity contribution in [3.8, 4) is 0 Å². The van der Waals surface area contributed by atoms with Crippen molar-refractivity contribution >= 4 is 21.8 Å². The quantitative estimate of drug-likeness (QED) is 0.521. The van der Waals surface area contributed by atoms with Gasteiger partial charge in [-0.3, -0.25) is 4.79 Å². The van der Waals surface area contributed by atoms with Crippen molar-refractivity contribution in [2.75, 3.05) is 58.6 Å². The second-order valence-corrected chi connectivity index (χ2v) is 14.6. The van der Waals surface area contributed by atoms with E-state index < -0.39 is 9.84 Å². The van der Waals surface area contributed by atoms with E-state index in [9.17, 15) is 18.0 Å². The zero-order valence-corrected chi connectivity index (χ0v) is 24.9. The monoisotopic (exact) mass is 578 g/mol. The maximum absolute atomic E-state index is 13.6. The number of amides is 3. The van der Waals surface area contributed by atoms with Gasteiger partial charge in [-0.05, 0) is 74.4 Å². The van der Waals surface area contributed by atoms with Crippen LogP contribution in [0.15, 0.2) is 59.5 Å². The van der Waals surface area contributed by atoms with Crippen LogP contribution in [0.3, 0.4) is 0 Å². The third kappa shape index (κ3) is 5.89. The zero-order chi connectivity index (χ0) is 28.6. The molecule has 0 aliphatic carbocycles. The molecule has 1 spiro atoms. The predicted molar refractivity (Wildman–Crippen MR) is 158 cm³/mol. The second-order valence-electron chi connectivity index (χ2n) is 12.6. The van der Waals surface area contributed by atoms with Crippen LogP contribution >= 0.6 is 0 Å². The second kappa shape index (κ2) is 11.4. The molecule has 0 aromatic heterocycles. The van der Waals surface area contributed by atoms with Crippen LogP contribution < -0.4 is 0 Å². The molecule has 3 amide bonds. The Labute approximate surface area is 244 Å². The molecule has 4 aliphatic heterocycles. The number of piperidine rings is 1. The Bertz CT molecular complexity index is 1350. The van der Waals surface area contributed by atoms with Crippen LogP contribution in [0, 0.1) is 11.3 Å². The molecule has 220 valence electrons. The molecule has 8 nitrogen and oxygen atoms in total. The maximum Gasteiger partial charge on any atom is 0.320 e. The molecule has 9 heteroatoms. The normalized spacial score (nSPS) is 25.0. The zero-order valence-electron chi connectivity index (χ0n) is 24.1. The maximum atomic E-state index is 13.6. The van der Waals surface area contributed by atoms with Crippen molar-refractivity contribution in [2.45, 2.75) is 49.5 Å². The standard InChI is InChI=1S/C32H42N4O4S/c1-41(39,40)28-11-9-25(10-12-28)21-35-20-15-32(30(35)37)13-18-33(19-14-32)22-27-23-36(31(38)34-16-5-6-17-34)24-29(27)26-7-3-2-4-8-26/h2-4,7-12,27,29H,5-6,13-24H2,1H3/t27-,29+/m0/s1. The number of sulfone groups is 1. The van der Waals surface area contributed by atoms with Gasteiger partial charge >= 0.3 is 6.03 Å². The minimum atomic E-state index is -3.23. The molecule has 0 bridgehead atoms. The van der Waals surface area contributed by atoms with Gasteiger partial charge < -0.3 is 19.6 Å². The summed E-state index contributed by atoms with van der Waals surface area (Å²) in [7, 11) is -3.23. The molecular weight excluding hydrogens is 536 g/mol. The average Bonchev–Trinajstić information content (AvgIpc) is 3.72. The van der Waals surface area contributed by atoms with E-state index in [1.165, 1.54) is 11.8 Å². The first kappa shape index (κ1) is 28.2. The highest BCUT2D eigenvalue weighted by Crippen LogP contribution is 2.43. The first-order chi connectivity index (χ1) is 19.7. The number of nitrogens with zero attached hydrogens (tertiary/aromatic N) is 4. The van der Waals surface area contributed by atoms with E-state index in [0.717, 1.165) is 90.0 Å². The lowest BCUT2D eigenvalue weighted by atomic mass is 9.76. The lowest BCUT2D eigenvalue weighted by molar-refractivity contribution is -0.139. The van der Waals surface area contributed by atoms with Crippen LogP contribution in [0.2, 0.25) is 0 Å². The van der Waals surface area contributed by atoms with Crippen molar-refractivity contribution in [3.05, 3.63) is 65.7 Å². The molecular formula is C32H42N4O4S. The minimum absolute atomic E-state index is 0.200. The summed E-state index contributed by atoms with van der Waals surface area (Å²) in [6.07, 6.45) is 6.04. The summed E-state index contributed by atoms with van der Waals surface area (Å²) in [5.74, 6) is 0.953. The summed E-state index contributed by atoms with van der Waals surface area (Å²) >= 11 is 0. The van der Waals surface area contributed by atoms with Crippen LogP contribution in [-0.2, 0) is 21.2 Å². The Kier molecular flexibility index (Phi) is 7.85. The van der Waals surface area contributed by atoms with E-state index in [2.05, 4.69) is 40.1 Å². The van der Waals surface area contributed by atoms with Gasteiger partial charge in [-0.25, -0.2) is 13.2 Å². The van der Waals surface area contributed by atoms with E-state index >= 15 is 0 Å². The first-order valence-electron chi connectivity index (χ1n) is 15.1. The molecule has 4 heterocycles. The molecule has 41 heavy (non-hydrogen) atoms. The Morgan fingerprint density at radius 1 is 0.854 bits per heavy atom. The fraction of sp³-hybridized carbons (Fsp3) is 0.562. The number of carbonyl (C=O) groups is 2. The van der Waals surface area contributed by atoms with Gasteiger partial charge in [-0.1, -0.05) is 42.5 Å². The van der Waals surface area contributed by atoms with Crippen molar-refractivity contribution in [1.29, 1.82) is 0 Å². The van der Waals surface area contributed by atoms with Crippen molar-refractivity contribution in [3.63, 3.8) is 0 Å². The van der Waals surface area contributed by atoms with Gasteiger partial charge in [0.25, 0.3) is 0 Å². The van der Waals surface area contributed by atoms with Crippen LogP contribution in [0.5, 0.6) is 0 Å². The fourth-order valence-corrected chi connectivity index (χ4v) is 8.09. The molecule has 2 aromatic rings.